The SMILES string of the molecule is N[C@H](CC1=CCCC=C1F)C(=O)O. The second-order valence-electron chi connectivity index (χ2n) is 3.01. The van der Waals surface area contributed by atoms with Gasteiger partial charge in [0.1, 0.15) is 11.9 Å². The minimum Gasteiger partial charge on any atom is -0.480 e. The third-order valence-corrected chi connectivity index (χ3v) is 1.94. The van der Waals surface area contributed by atoms with Crippen LogP contribution in [0.2, 0.25) is 0 Å². The Balaban J connectivity index is 2.58. The van der Waals surface area contributed by atoms with E-state index in [0.29, 0.717) is 12.0 Å². The zero-order chi connectivity index (χ0) is 9.84. The summed E-state index contributed by atoms with van der Waals surface area (Å²) in [5.74, 6) is -1.43. The Morgan fingerprint density at radius 3 is 2.77 bits per heavy atom. The largest absolute Gasteiger partial charge is 0.480 e. The summed E-state index contributed by atoms with van der Waals surface area (Å²) in [7, 11) is 0. The molecule has 0 fully saturated rings. The van der Waals surface area contributed by atoms with Gasteiger partial charge in [-0.1, -0.05) is 6.08 Å². The van der Waals surface area contributed by atoms with E-state index >= 15 is 0 Å². The van der Waals surface area contributed by atoms with Gasteiger partial charge >= 0.3 is 5.97 Å². The number of hydrogen-bond acceptors (Lipinski definition) is 2. The molecule has 1 rings (SSSR count). The standard InChI is InChI=1S/C9H12FNO2/c10-7-4-2-1-3-6(7)5-8(11)9(12)13/h3-4,8H,1-2,5,11H2,(H,12,13)/t8-/m1/s1. The van der Waals surface area contributed by atoms with E-state index in [4.69, 9.17) is 10.8 Å². The van der Waals surface area contributed by atoms with Gasteiger partial charge in [-0.25, -0.2) is 4.39 Å². The zero-order valence-electron chi connectivity index (χ0n) is 7.16. The molecule has 0 aliphatic heterocycles. The summed E-state index contributed by atoms with van der Waals surface area (Å²) in [6.07, 6.45) is 4.67. The highest BCUT2D eigenvalue weighted by molar-refractivity contribution is 5.73. The molecule has 0 heterocycles. The van der Waals surface area contributed by atoms with Crippen LogP contribution in [-0.4, -0.2) is 17.1 Å². The van der Waals surface area contributed by atoms with Gasteiger partial charge in [0.15, 0.2) is 0 Å². The number of halogens is 1. The van der Waals surface area contributed by atoms with Gasteiger partial charge in [0.25, 0.3) is 0 Å². The Kier molecular flexibility index (Phi) is 3.19. The quantitative estimate of drug-likeness (QED) is 0.697. The van der Waals surface area contributed by atoms with E-state index in [9.17, 15) is 9.18 Å². The Morgan fingerprint density at radius 2 is 2.23 bits per heavy atom. The van der Waals surface area contributed by atoms with Crippen molar-refractivity contribution in [2.75, 3.05) is 0 Å². The van der Waals surface area contributed by atoms with E-state index in [1.54, 1.807) is 6.08 Å². The Morgan fingerprint density at radius 1 is 1.62 bits per heavy atom. The average Bonchev–Trinajstić information content (AvgIpc) is 2.08. The maximum absolute atomic E-state index is 13.0. The number of allylic oxidation sites excluding steroid dienone is 3. The van der Waals surface area contributed by atoms with Crippen LogP contribution in [-0.2, 0) is 4.79 Å². The maximum atomic E-state index is 13.0. The molecule has 13 heavy (non-hydrogen) atoms. The number of aliphatic carboxylic acids is 1. The molecule has 0 spiro atoms. The molecule has 0 aromatic heterocycles. The molecular formula is C9H12FNO2. The lowest BCUT2D eigenvalue weighted by atomic mass is 9.99. The third kappa shape index (κ3) is 2.66. The van der Waals surface area contributed by atoms with Crippen LogP contribution in [0.4, 0.5) is 4.39 Å². The van der Waals surface area contributed by atoms with Gasteiger partial charge in [-0.05, 0) is 24.5 Å². The lowest BCUT2D eigenvalue weighted by Gasteiger charge is -2.11. The molecule has 0 saturated carbocycles. The van der Waals surface area contributed by atoms with Gasteiger partial charge in [0.05, 0.1) is 0 Å². The van der Waals surface area contributed by atoms with Gasteiger partial charge < -0.3 is 10.8 Å². The first-order chi connectivity index (χ1) is 6.11. The smallest absolute Gasteiger partial charge is 0.320 e. The molecule has 3 N–H and O–H groups in total. The molecule has 1 aliphatic rings. The molecule has 1 aliphatic carbocycles. The number of hydrogen-bond donors (Lipinski definition) is 2. The van der Waals surface area contributed by atoms with E-state index in [2.05, 4.69) is 0 Å². The zero-order valence-corrected chi connectivity index (χ0v) is 7.16. The topological polar surface area (TPSA) is 63.3 Å². The first-order valence-electron chi connectivity index (χ1n) is 4.14. The number of carbonyl (C=O) groups is 1. The fourth-order valence-electron chi connectivity index (χ4n) is 1.20. The molecular weight excluding hydrogens is 173 g/mol. The van der Waals surface area contributed by atoms with Crippen molar-refractivity contribution < 1.29 is 14.3 Å². The summed E-state index contributed by atoms with van der Waals surface area (Å²) < 4.78 is 13.0. The van der Waals surface area contributed by atoms with E-state index < -0.39 is 12.0 Å². The molecule has 0 aromatic carbocycles. The lowest BCUT2D eigenvalue weighted by Crippen LogP contribution is -2.30. The van der Waals surface area contributed by atoms with Crippen LogP contribution in [0.5, 0.6) is 0 Å². The van der Waals surface area contributed by atoms with Gasteiger partial charge in [-0.3, -0.25) is 4.79 Å². The molecule has 72 valence electrons. The minimum atomic E-state index is -1.10. The van der Waals surface area contributed by atoms with Gasteiger partial charge in [-0.2, -0.15) is 0 Å². The van der Waals surface area contributed by atoms with Crippen LogP contribution >= 0.6 is 0 Å². The summed E-state index contributed by atoms with van der Waals surface area (Å²) in [6.45, 7) is 0. The Labute approximate surface area is 75.7 Å². The first-order valence-corrected chi connectivity index (χ1v) is 4.14. The summed E-state index contributed by atoms with van der Waals surface area (Å²) in [5.41, 5.74) is 5.69. The first kappa shape index (κ1) is 9.92. The van der Waals surface area contributed by atoms with Gasteiger partial charge in [-0.15, -0.1) is 0 Å². The highest BCUT2D eigenvalue weighted by atomic mass is 19.1. The molecule has 0 saturated heterocycles. The predicted octanol–water partition coefficient (Wildman–Crippen LogP) is 1.36. The highest BCUT2D eigenvalue weighted by Gasteiger charge is 2.17. The van der Waals surface area contributed by atoms with Crippen LogP contribution < -0.4 is 5.73 Å². The van der Waals surface area contributed by atoms with Crippen molar-refractivity contribution in [3.05, 3.63) is 23.6 Å². The van der Waals surface area contributed by atoms with E-state index in [1.165, 1.54) is 6.08 Å². The van der Waals surface area contributed by atoms with Crippen molar-refractivity contribution in [2.24, 2.45) is 5.73 Å². The summed E-state index contributed by atoms with van der Waals surface area (Å²) in [4.78, 5) is 10.4. The monoisotopic (exact) mass is 185 g/mol. The molecule has 0 bridgehead atoms. The average molecular weight is 185 g/mol. The number of carboxylic acids is 1. The van der Waals surface area contributed by atoms with Crippen LogP contribution in [0.25, 0.3) is 0 Å². The minimum absolute atomic E-state index is 0.0671. The predicted molar refractivity (Wildman–Crippen MR) is 46.7 cm³/mol. The van der Waals surface area contributed by atoms with Crippen molar-refractivity contribution in [3.8, 4) is 0 Å². The van der Waals surface area contributed by atoms with Gasteiger partial charge in [0.2, 0.25) is 0 Å². The molecule has 0 radical (unpaired) electrons. The molecule has 3 nitrogen and oxygen atoms in total. The Hall–Kier alpha value is -1.16. The van der Waals surface area contributed by atoms with Crippen molar-refractivity contribution >= 4 is 5.97 Å². The van der Waals surface area contributed by atoms with Crippen molar-refractivity contribution in [3.63, 3.8) is 0 Å². The number of carboxylic acid groups (broad SMARTS) is 1. The summed E-state index contributed by atoms with van der Waals surface area (Å²) >= 11 is 0. The molecule has 4 heteroatoms. The molecule has 1 atom stereocenters. The number of nitrogens with two attached hydrogens (primary N) is 1. The molecule has 0 unspecified atom stereocenters. The fraction of sp³-hybridized carbons (Fsp3) is 0.444. The fourth-order valence-corrected chi connectivity index (χ4v) is 1.20. The molecule has 0 amide bonds. The van der Waals surface area contributed by atoms with Crippen molar-refractivity contribution in [2.45, 2.75) is 25.3 Å². The lowest BCUT2D eigenvalue weighted by molar-refractivity contribution is -0.138. The van der Waals surface area contributed by atoms with E-state index in [-0.39, 0.29) is 12.2 Å². The maximum Gasteiger partial charge on any atom is 0.320 e. The molecule has 0 aromatic rings. The van der Waals surface area contributed by atoms with E-state index in [1.807, 2.05) is 0 Å². The van der Waals surface area contributed by atoms with Crippen molar-refractivity contribution in [1.29, 1.82) is 0 Å². The van der Waals surface area contributed by atoms with Gasteiger partial charge in [0, 0.05) is 6.42 Å². The van der Waals surface area contributed by atoms with Crippen molar-refractivity contribution in [1.82, 2.24) is 0 Å². The van der Waals surface area contributed by atoms with Crippen LogP contribution in [0.15, 0.2) is 23.6 Å². The second kappa shape index (κ2) is 4.18. The third-order valence-electron chi connectivity index (χ3n) is 1.94. The normalized spacial score (nSPS) is 18.9. The second-order valence-corrected chi connectivity index (χ2v) is 3.01. The van der Waals surface area contributed by atoms with Crippen LogP contribution in [0, 0.1) is 0 Å². The number of rotatable bonds is 3. The Bertz CT molecular complexity index is 271. The summed E-state index contributed by atoms with van der Waals surface area (Å²) in [6, 6.07) is -1.01. The highest BCUT2D eigenvalue weighted by Crippen LogP contribution is 2.23. The van der Waals surface area contributed by atoms with Crippen LogP contribution in [0.1, 0.15) is 19.3 Å². The van der Waals surface area contributed by atoms with E-state index in [0.717, 1.165) is 6.42 Å². The summed E-state index contributed by atoms with van der Waals surface area (Å²) in [5, 5.41) is 8.50. The van der Waals surface area contributed by atoms with Crippen LogP contribution in [0.3, 0.4) is 0 Å².